The molecule has 0 saturated carbocycles. The van der Waals surface area contributed by atoms with Crippen molar-refractivity contribution in [1.82, 2.24) is 4.90 Å². The first-order chi connectivity index (χ1) is 15.0. The van der Waals surface area contributed by atoms with E-state index in [1.807, 2.05) is 60.7 Å². The number of rotatable bonds is 9. The second-order valence-electron chi connectivity index (χ2n) is 7.69. The van der Waals surface area contributed by atoms with E-state index in [4.69, 9.17) is 9.47 Å². The van der Waals surface area contributed by atoms with Crippen molar-refractivity contribution in [3.8, 4) is 22.6 Å². The van der Waals surface area contributed by atoms with Crippen molar-refractivity contribution in [1.29, 1.82) is 0 Å². The average molecular weight is 419 g/mol. The van der Waals surface area contributed by atoms with E-state index in [9.17, 15) is 4.79 Å². The van der Waals surface area contributed by atoms with Crippen LogP contribution in [0.2, 0.25) is 0 Å². The van der Waals surface area contributed by atoms with Crippen LogP contribution in [-0.4, -0.2) is 45.7 Å². The molecule has 0 saturated heterocycles. The zero-order valence-electron chi connectivity index (χ0n) is 18.6. The predicted octanol–water partition coefficient (Wildman–Crippen LogP) is 5.12. The number of carbonyl (C=O) groups excluding carboxylic acids is 1. The number of hydrogen-bond acceptors (Lipinski definition) is 4. The number of carbonyl (C=O) groups is 1. The summed E-state index contributed by atoms with van der Waals surface area (Å²) in [5, 5.41) is 2.99. The number of ether oxygens (including phenoxy) is 2. The molecule has 3 rings (SSSR count). The summed E-state index contributed by atoms with van der Waals surface area (Å²) < 4.78 is 10.7. The number of aryl methyl sites for hydroxylation is 1. The molecule has 0 heterocycles. The van der Waals surface area contributed by atoms with Crippen LogP contribution in [0.3, 0.4) is 0 Å². The minimum atomic E-state index is -0.131. The van der Waals surface area contributed by atoms with Gasteiger partial charge in [-0.15, -0.1) is 0 Å². The lowest BCUT2D eigenvalue weighted by molar-refractivity contribution is 0.102. The van der Waals surface area contributed by atoms with E-state index in [1.165, 1.54) is 0 Å². The van der Waals surface area contributed by atoms with Gasteiger partial charge in [0.2, 0.25) is 0 Å². The van der Waals surface area contributed by atoms with E-state index >= 15 is 0 Å². The van der Waals surface area contributed by atoms with Crippen LogP contribution in [0.5, 0.6) is 11.5 Å². The fourth-order valence-corrected chi connectivity index (χ4v) is 3.43. The van der Waals surface area contributed by atoms with Crippen molar-refractivity contribution in [2.24, 2.45) is 0 Å². The Kier molecular flexibility index (Phi) is 7.68. The molecule has 0 fully saturated rings. The van der Waals surface area contributed by atoms with Crippen LogP contribution in [0.1, 0.15) is 22.3 Å². The van der Waals surface area contributed by atoms with E-state index in [0.29, 0.717) is 5.56 Å². The summed E-state index contributed by atoms with van der Waals surface area (Å²) >= 11 is 0. The van der Waals surface area contributed by atoms with E-state index < -0.39 is 0 Å². The highest BCUT2D eigenvalue weighted by Gasteiger charge is 2.11. The van der Waals surface area contributed by atoms with Crippen LogP contribution in [0.4, 0.5) is 5.69 Å². The van der Waals surface area contributed by atoms with Crippen LogP contribution in [0.15, 0.2) is 66.7 Å². The average Bonchev–Trinajstić information content (AvgIpc) is 2.79. The normalized spacial score (nSPS) is 10.7. The summed E-state index contributed by atoms with van der Waals surface area (Å²) in [7, 11) is 7.43. The van der Waals surface area contributed by atoms with Gasteiger partial charge in [-0.25, -0.2) is 0 Å². The summed E-state index contributed by atoms with van der Waals surface area (Å²) in [5.74, 6) is 1.51. The minimum absolute atomic E-state index is 0.131. The molecule has 0 atom stereocenters. The molecule has 5 nitrogen and oxygen atoms in total. The van der Waals surface area contributed by atoms with Gasteiger partial charge in [-0.1, -0.05) is 24.3 Å². The van der Waals surface area contributed by atoms with Crippen LogP contribution in [-0.2, 0) is 6.42 Å². The summed E-state index contributed by atoms with van der Waals surface area (Å²) in [6.45, 7) is 0.986. The van der Waals surface area contributed by atoms with E-state index in [1.54, 1.807) is 20.3 Å². The summed E-state index contributed by atoms with van der Waals surface area (Å²) in [4.78, 5) is 15.0. The molecule has 0 bridgehead atoms. The van der Waals surface area contributed by atoms with Crippen molar-refractivity contribution < 1.29 is 14.3 Å². The van der Waals surface area contributed by atoms with Gasteiger partial charge in [-0.3, -0.25) is 4.79 Å². The fraction of sp³-hybridized carbons (Fsp3) is 0.269. The Hall–Kier alpha value is -3.31. The molecule has 0 unspecified atom stereocenters. The van der Waals surface area contributed by atoms with Gasteiger partial charge in [0.15, 0.2) is 0 Å². The number of anilines is 1. The number of amides is 1. The molecule has 162 valence electrons. The minimum Gasteiger partial charge on any atom is -0.497 e. The maximum Gasteiger partial charge on any atom is 0.255 e. The van der Waals surface area contributed by atoms with E-state index in [2.05, 4.69) is 24.3 Å². The van der Waals surface area contributed by atoms with Gasteiger partial charge in [-0.05, 0) is 92.6 Å². The summed E-state index contributed by atoms with van der Waals surface area (Å²) in [5.41, 5.74) is 4.60. The third kappa shape index (κ3) is 6.09. The second-order valence-corrected chi connectivity index (χ2v) is 7.69. The zero-order valence-corrected chi connectivity index (χ0v) is 18.6. The Morgan fingerprint density at radius 2 is 1.52 bits per heavy atom. The highest BCUT2D eigenvalue weighted by molar-refractivity contribution is 6.04. The second kappa shape index (κ2) is 10.6. The SMILES string of the molecule is COc1ccc(-c2ccc(NC(=O)c3ccc(OC)c(CCCN(C)C)c3)cc2)cc1. The quantitative estimate of drug-likeness (QED) is 0.524. The van der Waals surface area contributed by atoms with Gasteiger partial charge < -0.3 is 19.7 Å². The Labute approximate surface area is 184 Å². The predicted molar refractivity (Wildman–Crippen MR) is 126 cm³/mol. The van der Waals surface area contributed by atoms with Crippen LogP contribution in [0, 0.1) is 0 Å². The Morgan fingerprint density at radius 3 is 2.10 bits per heavy atom. The van der Waals surface area contributed by atoms with Crippen molar-refractivity contribution in [2.75, 3.05) is 40.2 Å². The third-order valence-electron chi connectivity index (χ3n) is 5.16. The van der Waals surface area contributed by atoms with Crippen molar-refractivity contribution in [3.05, 3.63) is 77.9 Å². The lowest BCUT2D eigenvalue weighted by Crippen LogP contribution is -2.14. The maximum absolute atomic E-state index is 12.8. The highest BCUT2D eigenvalue weighted by atomic mass is 16.5. The third-order valence-corrected chi connectivity index (χ3v) is 5.16. The fourth-order valence-electron chi connectivity index (χ4n) is 3.43. The van der Waals surface area contributed by atoms with Gasteiger partial charge in [0.1, 0.15) is 11.5 Å². The van der Waals surface area contributed by atoms with Crippen LogP contribution < -0.4 is 14.8 Å². The molecule has 3 aromatic rings. The Morgan fingerprint density at radius 1 is 0.871 bits per heavy atom. The van der Waals surface area contributed by atoms with Gasteiger partial charge in [0.05, 0.1) is 14.2 Å². The van der Waals surface area contributed by atoms with Gasteiger partial charge >= 0.3 is 0 Å². The summed E-state index contributed by atoms with van der Waals surface area (Å²) in [6.07, 6.45) is 1.86. The van der Waals surface area contributed by atoms with Crippen molar-refractivity contribution >= 4 is 11.6 Å². The standard InChI is InChI=1S/C26H30N2O3/c1-28(2)17-5-6-21-18-22(11-16-25(21)31-4)26(29)27-23-12-7-19(8-13-23)20-9-14-24(30-3)15-10-20/h7-16,18H,5-6,17H2,1-4H3,(H,27,29). The Bertz CT molecular complexity index is 996. The zero-order chi connectivity index (χ0) is 22.2. The first-order valence-corrected chi connectivity index (χ1v) is 10.4. The molecule has 0 spiro atoms. The van der Waals surface area contributed by atoms with E-state index in [0.717, 1.165) is 53.3 Å². The van der Waals surface area contributed by atoms with Crippen molar-refractivity contribution in [3.63, 3.8) is 0 Å². The topological polar surface area (TPSA) is 50.8 Å². The number of benzene rings is 3. The van der Waals surface area contributed by atoms with Crippen molar-refractivity contribution in [2.45, 2.75) is 12.8 Å². The van der Waals surface area contributed by atoms with E-state index in [-0.39, 0.29) is 5.91 Å². The van der Waals surface area contributed by atoms with Gasteiger partial charge in [-0.2, -0.15) is 0 Å². The molecule has 0 aliphatic heterocycles. The van der Waals surface area contributed by atoms with Gasteiger partial charge in [0.25, 0.3) is 5.91 Å². The van der Waals surface area contributed by atoms with Crippen LogP contribution >= 0.6 is 0 Å². The molecular formula is C26H30N2O3. The molecule has 0 aliphatic carbocycles. The molecule has 0 aliphatic rings. The number of nitrogens with one attached hydrogen (secondary N) is 1. The Balaban J connectivity index is 1.68. The molecule has 1 N–H and O–H groups in total. The first-order valence-electron chi connectivity index (χ1n) is 10.4. The smallest absolute Gasteiger partial charge is 0.255 e. The van der Waals surface area contributed by atoms with Crippen LogP contribution in [0.25, 0.3) is 11.1 Å². The number of nitrogens with zero attached hydrogens (tertiary/aromatic N) is 1. The number of hydrogen-bond donors (Lipinski definition) is 1. The molecule has 0 radical (unpaired) electrons. The first kappa shape index (κ1) is 22.4. The highest BCUT2D eigenvalue weighted by Crippen LogP contribution is 2.25. The molecule has 0 aromatic heterocycles. The largest absolute Gasteiger partial charge is 0.497 e. The monoisotopic (exact) mass is 418 g/mol. The molecule has 3 aromatic carbocycles. The molecule has 31 heavy (non-hydrogen) atoms. The summed E-state index contributed by atoms with van der Waals surface area (Å²) in [6, 6.07) is 21.3. The lowest BCUT2D eigenvalue weighted by Gasteiger charge is -2.13. The lowest BCUT2D eigenvalue weighted by atomic mass is 10.0. The molecule has 5 heteroatoms. The molecular weight excluding hydrogens is 388 g/mol. The molecule has 1 amide bonds. The van der Waals surface area contributed by atoms with Gasteiger partial charge in [0, 0.05) is 11.3 Å². The maximum atomic E-state index is 12.8. The number of methoxy groups -OCH3 is 2.